The SMILES string of the molecule is CCC(C)(O)C#CC(C)(O)CC.CCCC(O)C#CC(O)CC(C)C(C)(C)C. The quantitative estimate of drug-likeness (QED) is 0.513. The molecular weight excluding hydrogens is 352 g/mol. The molecule has 0 rings (SSSR count). The van der Waals surface area contributed by atoms with Crippen molar-refractivity contribution >= 4 is 0 Å². The van der Waals surface area contributed by atoms with E-state index in [0.717, 1.165) is 6.42 Å². The normalized spacial score (nSPS) is 18.5. The van der Waals surface area contributed by atoms with E-state index in [4.69, 9.17) is 0 Å². The first-order valence-electron chi connectivity index (χ1n) is 10.5. The maximum Gasteiger partial charge on any atom is 0.122 e. The zero-order valence-electron chi connectivity index (χ0n) is 19.6. The van der Waals surface area contributed by atoms with Gasteiger partial charge in [-0.1, -0.05) is 78.6 Å². The van der Waals surface area contributed by atoms with Crippen LogP contribution in [0.1, 0.15) is 94.4 Å². The Morgan fingerprint density at radius 1 is 0.750 bits per heavy atom. The van der Waals surface area contributed by atoms with Crippen LogP contribution >= 0.6 is 0 Å². The monoisotopic (exact) mass is 396 g/mol. The van der Waals surface area contributed by atoms with Gasteiger partial charge in [-0.2, -0.15) is 0 Å². The molecule has 0 aromatic carbocycles. The molecule has 4 N–H and O–H groups in total. The van der Waals surface area contributed by atoms with Crippen molar-refractivity contribution in [3.05, 3.63) is 0 Å². The zero-order chi connectivity index (χ0) is 22.6. The Bertz CT molecular complexity index is 515. The van der Waals surface area contributed by atoms with Crippen LogP contribution < -0.4 is 0 Å². The molecular formula is C24H44O4. The van der Waals surface area contributed by atoms with Crippen LogP contribution in [0.4, 0.5) is 0 Å². The molecule has 0 aromatic rings. The summed E-state index contributed by atoms with van der Waals surface area (Å²) >= 11 is 0. The second-order valence-corrected chi connectivity index (χ2v) is 9.12. The van der Waals surface area contributed by atoms with Crippen molar-refractivity contribution in [3.8, 4) is 23.7 Å². The lowest BCUT2D eigenvalue weighted by atomic mass is 9.79. The molecule has 4 nitrogen and oxygen atoms in total. The van der Waals surface area contributed by atoms with Gasteiger partial charge in [-0.05, 0) is 50.9 Å². The van der Waals surface area contributed by atoms with Crippen molar-refractivity contribution in [2.45, 2.75) is 118 Å². The summed E-state index contributed by atoms with van der Waals surface area (Å²) in [5, 5.41) is 38.1. The van der Waals surface area contributed by atoms with Gasteiger partial charge in [0, 0.05) is 0 Å². The van der Waals surface area contributed by atoms with Gasteiger partial charge in [0.15, 0.2) is 0 Å². The molecule has 0 aromatic heterocycles. The second-order valence-electron chi connectivity index (χ2n) is 9.12. The van der Waals surface area contributed by atoms with Crippen molar-refractivity contribution in [2.24, 2.45) is 11.3 Å². The Kier molecular flexibility index (Phi) is 13.8. The predicted molar refractivity (Wildman–Crippen MR) is 118 cm³/mol. The maximum absolute atomic E-state index is 9.72. The number of rotatable bonds is 6. The van der Waals surface area contributed by atoms with E-state index in [1.54, 1.807) is 13.8 Å². The van der Waals surface area contributed by atoms with Crippen molar-refractivity contribution in [1.82, 2.24) is 0 Å². The van der Waals surface area contributed by atoms with Gasteiger partial charge in [0.25, 0.3) is 0 Å². The van der Waals surface area contributed by atoms with Crippen LogP contribution in [-0.4, -0.2) is 43.8 Å². The molecule has 4 heteroatoms. The highest BCUT2D eigenvalue weighted by atomic mass is 16.3. The minimum absolute atomic E-state index is 0.185. The molecule has 0 spiro atoms. The molecule has 0 saturated heterocycles. The largest absolute Gasteiger partial charge is 0.380 e. The van der Waals surface area contributed by atoms with Gasteiger partial charge in [-0.25, -0.2) is 0 Å². The maximum atomic E-state index is 9.72. The fourth-order valence-electron chi connectivity index (χ4n) is 1.73. The third kappa shape index (κ3) is 16.0. The Balaban J connectivity index is 0. The van der Waals surface area contributed by atoms with E-state index in [1.165, 1.54) is 0 Å². The van der Waals surface area contributed by atoms with Crippen LogP contribution in [0, 0.1) is 35.0 Å². The van der Waals surface area contributed by atoms with E-state index in [0.29, 0.717) is 31.6 Å². The van der Waals surface area contributed by atoms with Crippen molar-refractivity contribution in [1.29, 1.82) is 0 Å². The summed E-state index contributed by atoms with van der Waals surface area (Å²) in [7, 11) is 0. The molecule has 28 heavy (non-hydrogen) atoms. The van der Waals surface area contributed by atoms with Gasteiger partial charge in [-0.15, -0.1) is 0 Å². The zero-order valence-corrected chi connectivity index (χ0v) is 19.6. The fraction of sp³-hybridized carbons (Fsp3) is 0.833. The molecule has 0 amide bonds. The van der Waals surface area contributed by atoms with E-state index in [9.17, 15) is 20.4 Å². The third-order valence-electron chi connectivity index (χ3n) is 5.01. The van der Waals surface area contributed by atoms with E-state index < -0.39 is 23.4 Å². The van der Waals surface area contributed by atoms with Gasteiger partial charge in [-0.3, -0.25) is 0 Å². The van der Waals surface area contributed by atoms with Gasteiger partial charge in [0.2, 0.25) is 0 Å². The Morgan fingerprint density at radius 2 is 1.14 bits per heavy atom. The van der Waals surface area contributed by atoms with Gasteiger partial charge in [0.05, 0.1) is 0 Å². The predicted octanol–water partition coefficient (Wildman–Crippen LogP) is 3.90. The Hall–Kier alpha value is -1.04. The van der Waals surface area contributed by atoms with Crippen LogP contribution in [0.25, 0.3) is 0 Å². The molecule has 5 atom stereocenters. The molecule has 0 radical (unpaired) electrons. The lowest BCUT2D eigenvalue weighted by Crippen LogP contribution is -2.24. The molecule has 0 heterocycles. The highest BCUT2D eigenvalue weighted by Crippen LogP contribution is 2.28. The molecule has 0 fully saturated rings. The minimum Gasteiger partial charge on any atom is -0.380 e. The summed E-state index contributed by atoms with van der Waals surface area (Å²) in [5.74, 6) is 11.1. The topological polar surface area (TPSA) is 80.9 Å². The highest BCUT2D eigenvalue weighted by molar-refractivity contribution is 5.18. The van der Waals surface area contributed by atoms with Crippen molar-refractivity contribution in [3.63, 3.8) is 0 Å². The summed E-state index contributed by atoms with van der Waals surface area (Å²) < 4.78 is 0. The first kappa shape index (κ1) is 29.2. The van der Waals surface area contributed by atoms with Gasteiger partial charge in [0.1, 0.15) is 23.4 Å². The molecule has 0 bridgehead atoms. The number of hydrogen-bond donors (Lipinski definition) is 4. The van der Waals surface area contributed by atoms with Crippen molar-refractivity contribution < 1.29 is 20.4 Å². The molecule has 0 aliphatic heterocycles. The van der Waals surface area contributed by atoms with E-state index >= 15 is 0 Å². The van der Waals surface area contributed by atoms with Crippen molar-refractivity contribution in [2.75, 3.05) is 0 Å². The summed E-state index contributed by atoms with van der Waals surface area (Å²) in [6.07, 6.45) is 2.17. The summed E-state index contributed by atoms with van der Waals surface area (Å²) in [5.41, 5.74) is -1.76. The smallest absolute Gasteiger partial charge is 0.122 e. The first-order valence-corrected chi connectivity index (χ1v) is 10.5. The van der Waals surface area contributed by atoms with Crippen LogP contribution in [0.2, 0.25) is 0 Å². The fourth-order valence-corrected chi connectivity index (χ4v) is 1.73. The molecule has 0 aliphatic rings. The number of hydrogen-bond acceptors (Lipinski definition) is 4. The Labute approximate surface area is 173 Å². The number of aliphatic hydroxyl groups excluding tert-OH is 2. The first-order chi connectivity index (χ1) is 12.6. The average molecular weight is 397 g/mol. The molecule has 164 valence electrons. The summed E-state index contributed by atoms with van der Waals surface area (Å²) in [4.78, 5) is 0. The van der Waals surface area contributed by atoms with Crippen LogP contribution in [0.5, 0.6) is 0 Å². The van der Waals surface area contributed by atoms with E-state index in [1.807, 2.05) is 20.8 Å². The summed E-state index contributed by atoms with van der Waals surface area (Å²) in [6, 6.07) is 0. The molecule has 5 unspecified atom stereocenters. The highest BCUT2D eigenvalue weighted by Gasteiger charge is 2.22. The lowest BCUT2D eigenvalue weighted by molar-refractivity contribution is 0.106. The Morgan fingerprint density at radius 3 is 1.46 bits per heavy atom. The van der Waals surface area contributed by atoms with Crippen LogP contribution in [0.15, 0.2) is 0 Å². The lowest BCUT2D eigenvalue weighted by Gasteiger charge is -2.27. The number of aliphatic hydroxyl groups is 4. The van der Waals surface area contributed by atoms with Gasteiger partial charge >= 0.3 is 0 Å². The third-order valence-corrected chi connectivity index (χ3v) is 5.01. The average Bonchev–Trinajstić information content (AvgIpc) is 2.58. The van der Waals surface area contributed by atoms with E-state index in [-0.39, 0.29) is 5.41 Å². The van der Waals surface area contributed by atoms with Gasteiger partial charge < -0.3 is 20.4 Å². The second kappa shape index (κ2) is 13.2. The molecule has 0 aliphatic carbocycles. The summed E-state index contributed by atoms with van der Waals surface area (Å²) in [6.45, 7) is 17.6. The van der Waals surface area contributed by atoms with E-state index in [2.05, 4.69) is 51.4 Å². The van der Waals surface area contributed by atoms with Crippen LogP contribution in [0.3, 0.4) is 0 Å². The van der Waals surface area contributed by atoms with Crippen LogP contribution in [-0.2, 0) is 0 Å². The standard InChI is InChI=1S/C14H26O2.C10H18O2/c1-6-7-12(15)8-9-13(16)10-11(2)14(3,4)5;1-5-9(3,11)7-8-10(4,12)6-2/h11-13,15-16H,6-7,10H2,1-5H3;11-12H,5-6H2,1-4H3. The molecule has 0 saturated carbocycles. The minimum atomic E-state index is -0.973.